The molecule has 1 unspecified atom stereocenters. The lowest BCUT2D eigenvalue weighted by atomic mass is 10.1. The van der Waals surface area contributed by atoms with Crippen LogP contribution in [0.25, 0.3) is 0 Å². The molecule has 0 heterocycles. The Labute approximate surface area is 93.9 Å². The molecule has 2 nitrogen and oxygen atoms in total. The van der Waals surface area contributed by atoms with Gasteiger partial charge in [-0.1, -0.05) is 44.7 Å². The van der Waals surface area contributed by atoms with Crippen LogP contribution in [0.1, 0.15) is 20.3 Å². The summed E-state index contributed by atoms with van der Waals surface area (Å²) in [6, 6.07) is 0. The van der Waals surface area contributed by atoms with E-state index < -0.39 is 0 Å². The quantitative estimate of drug-likeness (QED) is 0.474. The average molecular weight is 208 g/mol. The molecule has 3 N–H and O–H groups in total. The first-order valence-electron chi connectivity index (χ1n) is 5.65. The number of nitrogens with two attached hydrogens (primary N) is 1. The number of allylic oxidation sites excluding steroid dienone is 2. The van der Waals surface area contributed by atoms with Gasteiger partial charge in [-0.05, 0) is 24.5 Å². The minimum atomic E-state index is 0.538. The van der Waals surface area contributed by atoms with Gasteiger partial charge >= 0.3 is 0 Å². The minimum Gasteiger partial charge on any atom is -0.326 e. The van der Waals surface area contributed by atoms with Crippen LogP contribution in [0.4, 0.5) is 0 Å². The van der Waals surface area contributed by atoms with E-state index in [-0.39, 0.29) is 0 Å². The summed E-state index contributed by atoms with van der Waals surface area (Å²) in [4.78, 5) is 0. The molecule has 86 valence electrons. The largest absolute Gasteiger partial charge is 0.326 e. The second kappa shape index (κ2) is 9.69. The van der Waals surface area contributed by atoms with Gasteiger partial charge in [-0.2, -0.15) is 0 Å². The van der Waals surface area contributed by atoms with Gasteiger partial charge in [-0.25, -0.2) is 0 Å². The van der Waals surface area contributed by atoms with Crippen LogP contribution >= 0.6 is 0 Å². The minimum absolute atomic E-state index is 0.538. The molecule has 0 aliphatic heterocycles. The Bertz CT molecular complexity index is 217. The number of hydrogen-bond donors (Lipinski definition) is 2. The molecule has 0 bridgehead atoms. The summed E-state index contributed by atoms with van der Waals surface area (Å²) >= 11 is 0. The van der Waals surface area contributed by atoms with Crippen molar-refractivity contribution in [1.29, 1.82) is 0 Å². The monoisotopic (exact) mass is 208 g/mol. The van der Waals surface area contributed by atoms with E-state index >= 15 is 0 Å². The zero-order chi connectivity index (χ0) is 11.5. The third-order valence-corrected chi connectivity index (χ3v) is 2.10. The predicted molar refractivity (Wildman–Crippen MR) is 68.8 cm³/mol. The molecule has 0 fully saturated rings. The first-order valence-corrected chi connectivity index (χ1v) is 5.65. The molecule has 0 aliphatic rings. The lowest BCUT2D eigenvalue weighted by Crippen LogP contribution is -2.20. The van der Waals surface area contributed by atoms with Crippen molar-refractivity contribution in [2.45, 2.75) is 20.3 Å². The van der Waals surface area contributed by atoms with Gasteiger partial charge in [-0.3, -0.25) is 0 Å². The highest BCUT2D eigenvalue weighted by Crippen LogP contribution is 2.00. The van der Waals surface area contributed by atoms with Crippen molar-refractivity contribution in [3.8, 4) is 0 Å². The molecular weight excluding hydrogens is 184 g/mol. The topological polar surface area (TPSA) is 38.0 Å². The molecule has 15 heavy (non-hydrogen) atoms. The lowest BCUT2D eigenvalue weighted by molar-refractivity contribution is 0.589. The molecule has 0 aromatic rings. The summed E-state index contributed by atoms with van der Waals surface area (Å²) in [6.07, 6.45) is 9.17. The maximum absolute atomic E-state index is 5.58. The predicted octanol–water partition coefficient (Wildman–Crippen LogP) is 2.25. The summed E-state index contributed by atoms with van der Waals surface area (Å²) in [7, 11) is 0. The maximum Gasteiger partial charge on any atom is 0.0177 e. The molecule has 0 aromatic heterocycles. The molecule has 1 atom stereocenters. The highest BCUT2D eigenvalue weighted by molar-refractivity contribution is 5.24. The van der Waals surface area contributed by atoms with Gasteiger partial charge in [0.1, 0.15) is 0 Å². The van der Waals surface area contributed by atoms with E-state index in [0.717, 1.165) is 18.7 Å². The Morgan fingerprint density at radius 1 is 1.53 bits per heavy atom. The van der Waals surface area contributed by atoms with E-state index in [0.29, 0.717) is 12.5 Å². The Morgan fingerprint density at radius 3 is 2.80 bits per heavy atom. The molecule has 0 aliphatic carbocycles. The first-order chi connectivity index (χ1) is 7.24. The van der Waals surface area contributed by atoms with E-state index in [9.17, 15) is 0 Å². The highest BCUT2D eigenvalue weighted by Gasteiger charge is 1.95. The van der Waals surface area contributed by atoms with E-state index in [1.807, 2.05) is 6.08 Å². The van der Waals surface area contributed by atoms with Gasteiger partial charge < -0.3 is 11.1 Å². The zero-order valence-corrected chi connectivity index (χ0v) is 10.00. The molecule has 0 amide bonds. The Balaban J connectivity index is 3.91. The Hall–Kier alpha value is -0.860. The third-order valence-electron chi connectivity index (χ3n) is 2.10. The van der Waals surface area contributed by atoms with Crippen LogP contribution in [0.2, 0.25) is 0 Å². The van der Waals surface area contributed by atoms with Gasteiger partial charge in [0.15, 0.2) is 0 Å². The van der Waals surface area contributed by atoms with E-state index in [1.165, 1.54) is 6.42 Å². The Morgan fingerprint density at radius 2 is 2.27 bits per heavy atom. The molecule has 0 spiro atoms. The smallest absolute Gasteiger partial charge is 0.0177 e. The SMILES string of the molecule is C=C/C=C(\C=C/C(C)CNCCC)CN. The zero-order valence-electron chi connectivity index (χ0n) is 10.00. The van der Waals surface area contributed by atoms with Crippen LogP contribution in [-0.2, 0) is 0 Å². The van der Waals surface area contributed by atoms with E-state index in [1.54, 1.807) is 6.08 Å². The number of hydrogen-bond acceptors (Lipinski definition) is 2. The molecule has 0 saturated heterocycles. The summed E-state index contributed by atoms with van der Waals surface area (Å²) in [5.41, 5.74) is 6.70. The molecule has 0 aromatic carbocycles. The van der Waals surface area contributed by atoms with Crippen molar-refractivity contribution in [3.63, 3.8) is 0 Å². The summed E-state index contributed by atoms with van der Waals surface area (Å²) in [5.74, 6) is 0.538. The summed E-state index contributed by atoms with van der Waals surface area (Å²) in [6.45, 7) is 10.7. The molecule has 0 radical (unpaired) electrons. The van der Waals surface area contributed by atoms with Crippen molar-refractivity contribution < 1.29 is 0 Å². The van der Waals surface area contributed by atoms with Crippen LogP contribution in [0.15, 0.2) is 36.5 Å². The fraction of sp³-hybridized carbons (Fsp3) is 0.538. The normalized spacial score (nSPS) is 14.5. The van der Waals surface area contributed by atoms with Crippen molar-refractivity contribution in [1.82, 2.24) is 5.32 Å². The number of nitrogens with one attached hydrogen (secondary N) is 1. The Kier molecular flexibility index (Phi) is 9.13. The fourth-order valence-electron chi connectivity index (χ4n) is 1.21. The van der Waals surface area contributed by atoms with E-state index in [2.05, 4.69) is 37.9 Å². The van der Waals surface area contributed by atoms with Gasteiger partial charge in [-0.15, -0.1) is 0 Å². The molecule has 0 saturated carbocycles. The standard InChI is InChI=1S/C13H24N2/c1-4-6-13(10-14)8-7-12(3)11-15-9-5-2/h4,6-8,12,15H,1,5,9-11,14H2,2-3H3/b8-7-,13-6+. The fourth-order valence-corrected chi connectivity index (χ4v) is 1.21. The van der Waals surface area contributed by atoms with Crippen molar-refractivity contribution in [2.75, 3.05) is 19.6 Å². The summed E-state index contributed by atoms with van der Waals surface area (Å²) < 4.78 is 0. The second-order valence-electron chi connectivity index (χ2n) is 3.72. The van der Waals surface area contributed by atoms with Gasteiger partial charge in [0.05, 0.1) is 0 Å². The van der Waals surface area contributed by atoms with Gasteiger partial charge in [0, 0.05) is 13.1 Å². The first kappa shape index (κ1) is 14.1. The molecular formula is C13H24N2. The number of rotatable bonds is 8. The molecule has 0 rings (SSSR count). The van der Waals surface area contributed by atoms with Crippen LogP contribution < -0.4 is 11.1 Å². The summed E-state index contributed by atoms with van der Waals surface area (Å²) in [5, 5.41) is 3.39. The van der Waals surface area contributed by atoms with Crippen molar-refractivity contribution in [3.05, 3.63) is 36.5 Å². The van der Waals surface area contributed by atoms with Crippen LogP contribution in [-0.4, -0.2) is 19.6 Å². The van der Waals surface area contributed by atoms with Crippen LogP contribution in [0, 0.1) is 5.92 Å². The average Bonchev–Trinajstić information content (AvgIpc) is 2.24. The maximum atomic E-state index is 5.58. The second-order valence-corrected chi connectivity index (χ2v) is 3.72. The highest BCUT2D eigenvalue weighted by atomic mass is 14.8. The van der Waals surface area contributed by atoms with Crippen LogP contribution in [0.5, 0.6) is 0 Å². The van der Waals surface area contributed by atoms with E-state index in [4.69, 9.17) is 5.73 Å². The van der Waals surface area contributed by atoms with Gasteiger partial charge in [0.25, 0.3) is 0 Å². The third kappa shape index (κ3) is 8.16. The molecule has 2 heteroatoms. The lowest BCUT2D eigenvalue weighted by Gasteiger charge is -2.07. The van der Waals surface area contributed by atoms with Crippen LogP contribution in [0.3, 0.4) is 0 Å². The van der Waals surface area contributed by atoms with Gasteiger partial charge in [0.2, 0.25) is 0 Å². The van der Waals surface area contributed by atoms with Crippen molar-refractivity contribution >= 4 is 0 Å². The van der Waals surface area contributed by atoms with Crippen molar-refractivity contribution in [2.24, 2.45) is 11.7 Å².